The molecular weight excluding hydrogens is 162 g/mol. The zero-order valence-corrected chi connectivity index (χ0v) is 8.59. The van der Waals surface area contributed by atoms with Crippen molar-refractivity contribution in [2.75, 3.05) is 13.2 Å². The summed E-state index contributed by atoms with van der Waals surface area (Å²) in [5.41, 5.74) is 7.24. The fourth-order valence-electron chi connectivity index (χ4n) is 1.75. The number of hydrogen-bond donors (Lipinski definition) is 1. The summed E-state index contributed by atoms with van der Waals surface area (Å²) in [5, 5.41) is 0. The fourth-order valence-corrected chi connectivity index (χ4v) is 1.75. The fraction of sp³-hybridized carbons (Fsp3) is 0.818. The summed E-state index contributed by atoms with van der Waals surface area (Å²) in [6, 6.07) is 0.336. The first-order valence-electron chi connectivity index (χ1n) is 5.16. The zero-order valence-electron chi connectivity index (χ0n) is 8.59. The van der Waals surface area contributed by atoms with Gasteiger partial charge in [0.15, 0.2) is 0 Å². The lowest BCUT2D eigenvalue weighted by atomic mass is 9.96. The third kappa shape index (κ3) is 4.44. The lowest BCUT2D eigenvalue weighted by Crippen LogP contribution is -2.23. The Bertz CT molecular complexity index is 161. The largest absolute Gasteiger partial charge is 0.381 e. The summed E-state index contributed by atoms with van der Waals surface area (Å²) in [5.74, 6) is 0.708. The second-order valence-corrected chi connectivity index (χ2v) is 4.22. The Morgan fingerprint density at radius 2 is 2.46 bits per heavy atom. The Morgan fingerprint density at radius 1 is 1.69 bits per heavy atom. The van der Waals surface area contributed by atoms with Crippen LogP contribution in [0.25, 0.3) is 0 Å². The molecule has 1 aliphatic rings. The summed E-state index contributed by atoms with van der Waals surface area (Å²) in [6.45, 7) is 7.79. The average Bonchev–Trinajstić information content (AvgIpc) is 2.53. The van der Waals surface area contributed by atoms with Crippen LogP contribution in [0.1, 0.15) is 32.6 Å². The molecule has 0 aromatic heterocycles. The molecule has 2 atom stereocenters. The Labute approximate surface area is 81.1 Å². The van der Waals surface area contributed by atoms with E-state index >= 15 is 0 Å². The summed E-state index contributed by atoms with van der Waals surface area (Å²) in [7, 11) is 0. The molecule has 1 fully saturated rings. The molecule has 2 unspecified atom stereocenters. The van der Waals surface area contributed by atoms with Crippen molar-refractivity contribution in [3.63, 3.8) is 0 Å². The predicted molar refractivity (Wildman–Crippen MR) is 55.6 cm³/mol. The minimum atomic E-state index is 0.336. The van der Waals surface area contributed by atoms with Crippen molar-refractivity contribution in [2.24, 2.45) is 11.7 Å². The van der Waals surface area contributed by atoms with E-state index in [0.29, 0.717) is 12.0 Å². The van der Waals surface area contributed by atoms with E-state index in [-0.39, 0.29) is 0 Å². The molecule has 13 heavy (non-hydrogen) atoms. The molecule has 1 saturated heterocycles. The van der Waals surface area contributed by atoms with Gasteiger partial charge >= 0.3 is 0 Å². The molecule has 1 heterocycles. The van der Waals surface area contributed by atoms with Gasteiger partial charge in [0.1, 0.15) is 0 Å². The third-order valence-electron chi connectivity index (χ3n) is 2.60. The van der Waals surface area contributed by atoms with Gasteiger partial charge in [-0.3, -0.25) is 0 Å². The van der Waals surface area contributed by atoms with E-state index in [4.69, 9.17) is 10.5 Å². The van der Waals surface area contributed by atoms with Crippen LogP contribution < -0.4 is 5.73 Å². The van der Waals surface area contributed by atoms with Crippen LogP contribution in [-0.2, 0) is 4.74 Å². The number of nitrogens with two attached hydrogens (primary N) is 1. The first-order chi connectivity index (χ1) is 6.18. The van der Waals surface area contributed by atoms with E-state index in [9.17, 15) is 0 Å². The Hall–Kier alpha value is -0.340. The number of ether oxygens (including phenoxy) is 1. The molecule has 0 aromatic carbocycles. The van der Waals surface area contributed by atoms with Crippen molar-refractivity contribution in [3.05, 3.63) is 12.2 Å². The van der Waals surface area contributed by atoms with Crippen molar-refractivity contribution >= 4 is 0 Å². The SMILES string of the molecule is C=C(C)CCC(N)CC1CCOC1. The standard InChI is InChI=1S/C11H21NO/c1-9(2)3-4-11(12)7-10-5-6-13-8-10/h10-11H,1,3-8,12H2,2H3. The van der Waals surface area contributed by atoms with Crippen molar-refractivity contribution in [2.45, 2.75) is 38.6 Å². The van der Waals surface area contributed by atoms with Crippen molar-refractivity contribution in [1.29, 1.82) is 0 Å². The number of hydrogen-bond acceptors (Lipinski definition) is 2. The lowest BCUT2D eigenvalue weighted by molar-refractivity contribution is 0.182. The van der Waals surface area contributed by atoms with Gasteiger partial charge in [-0.2, -0.15) is 0 Å². The van der Waals surface area contributed by atoms with Gasteiger partial charge in [-0.1, -0.05) is 5.57 Å². The van der Waals surface area contributed by atoms with Gasteiger partial charge in [-0.05, 0) is 38.5 Å². The number of rotatable bonds is 5. The zero-order chi connectivity index (χ0) is 9.68. The minimum absolute atomic E-state index is 0.336. The quantitative estimate of drug-likeness (QED) is 0.662. The van der Waals surface area contributed by atoms with Crippen LogP contribution in [0, 0.1) is 5.92 Å². The Balaban J connectivity index is 2.09. The second kappa shape index (κ2) is 5.40. The lowest BCUT2D eigenvalue weighted by Gasteiger charge is -2.14. The maximum Gasteiger partial charge on any atom is 0.0495 e. The molecule has 2 heteroatoms. The van der Waals surface area contributed by atoms with Crippen molar-refractivity contribution < 1.29 is 4.74 Å². The Morgan fingerprint density at radius 3 is 3.00 bits per heavy atom. The van der Waals surface area contributed by atoms with Crippen LogP contribution in [0.5, 0.6) is 0 Å². The first kappa shape index (κ1) is 10.7. The monoisotopic (exact) mass is 183 g/mol. The molecule has 1 rings (SSSR count). The average molecular weight is 183 g/mol. The van der Waals surface area contributed by atoms with Crippen LogP contribution in [0.4, 0.5) is 0 Å². The van der Waals surface area contributed by atoms with Gasteiger partial charge in [0, 0.05) is 19.3 Å². The molecule has 76 valence electrons. The summed E-state index contributed by atoms with van der Waals surface area (Å²) in [6.07, 6.45) is 4.45. The van der Waals surface area contributed by atoms with Crippen molar-refractivity contribution in [1.82, 2.24) is 0 Å². The maximum atomic E-state index is 6.01. The van der Waals surface area contributed by atoms with E-state index in [1.807, 2.05) is 0 Å². The molecule has 0 aromatic rings. The van der Waals surface area contributed by atoms with E-state index in [0.717, 1.165) is 32.5 Å². The molecule has 0 spiro atoms. The van der Waals surface area contributed by atoms with E-state index < -0.39 is 0 Å². The molecule has 0 radical (unpaired) electrons. The van der Waals surface area contributed by atoms with Crippen LogP contribution in [0.2, 0.25) is 0 Å². The van der Waals surface area contributed by atoms with Crippen LogP contribution in [0.3, 0.4) is 0 Å². The topological polar surface area (TPSA) is 35.2 Å². The van der Waals surface area contributed by atoms with E-state index in [1.54, 1.807) is 0 Å². The molecule has 0 aliphatic carbocycles. The molecule has 0 bridgehead atoms. The van der Waals surface area contributed by atoms with Crippen LogP contribution in [-0.4, -0.2) is 19.3 Å². The van der Waals surface area contributed by atoms with Crippen LogP contribution in [0.15, 0.2) is 12.2 Å². The highest BCUT2D eigenvalue weighted by Crippen LogP contribution is 2.19. The van der Waals surface area contributed by atoms with Crippen molar-refractivity contribution in [3.8, 4) is 0 Å². The smallest absolute Gasteiger partial charge is 0.0495 e. The predicted octanol–water partition coefficient (Wildman–Crippen LogP) is 2.10. The molecule has 2 nitrogen and oxygen atoms in total. The molecular formula is C11H21NO. The third-order valence-corrected chi connectivity index (χ3v) is 2.60. The van der Waals surface area contributed by atoms with Gasteiger partial charge in [0.25, 0.3) is 0 Å². The molecule has 2 N–H and O–H groups in total. The van der Waals surface area contributed by atoms with Gasteiger partial charge in [0.05, 0.1) is 0 Å². The highest BCUT2D eigenvalue weighted by molar-refractivity contribution is 4.89. The van der Waals surface area contributed by atoms with Gasteiger partial charge in [0.2, 0.25) is 0 Å². The molecule has 0 saturated carbocycles. The normalized spacial score (nSPS) is 24.6. The summed E-state index contributed by atoms with van der Waals surface area (Å²) >= 11 is 0. The summed E-state index contributed by atoms with van der Waals surface area (Å²) < 4.78 is 5.31. The van der Waals surface area contributed by atoms with Gasteiger partial charge < -0.3 is 10.5 Å². The summed E-state index contributed by atoms with van der Waals surface area (Å²) in [4.78, 5) is 0. The van der Waals surface area contributed by atoms with Crippen LogP contribution >= 0.6 is 0 Å². The first-order valence-corrected chi connectivity index (χ1v) is 5.16. The minimum Gasteiger partial charge on any atom is -0.381 e. The van der Waals surface area contributed by atoms with Gasteiger partial charge in [-0.25, -0.2) is 0 Å². The molecule has 1 aliphatic heterocycles. The van der Waals surface area contributed by atoms with E-state index in [2.05, 4.69) is 13.5 Å². The number of allylic oxidation sites excluding steroid dienone is 1. The highest BCUT2D eigenvalue weighted by atomic mass is 16.5. The van der Waals surface area contributed by atoms with E-state index in [1.165, 1.54) is 12.0 Å². The second-order valence-electron chi connectivity index (χ2n) is 4.22. The maximum absolute atomic E-state index is 6.01. The Kier molecular flexibility index (Phi) is 4.46. The van der Waals surface area contributed by atoms with Gasteiger partial charge in [-0.15, -0.1) is 6.58 Å². The molecule has 0 amide bonds. The highest BCUT2D eigenvalue weighted by Gasteiger charge is 2.18.